The third kappa shape index (κ3) is 3.86. The van der Waals surface area contributed by atoms with Gasteiger partial charge in [0.15, 0.2) is 0 Å². The molecule has 0 saturated carbocycles. The van der Waals surface area contributed by atoms with Crippen molar-refractivity contribution < 1.29 is 9.47 Å². The number of methoxy groups -OCH3 is 2. The predicted octanol–water partition coefficient (Wildman–Crippen LogP) is 6.43. The van der Waals surface area contributed by atoms with Gasteiger partial charge in [-0.15, -0.1) is 0 Å². The van der Waals surface area contributed by atoms with Gasteiger partial charge in [0, 0.05) is 19.1 Å². The molecule has 0 spiro atoms. The Bertz CT molecular complexity index is 633. The highest BCUT2D eigenvalue weighted by atomic mass is 31.1. The summed E-state index contributed by atoms with van der Waals surface area (Å²) in [5, 5.41) is -0.103. The van der Waals surface area contributed by atoms with Crippen LogP contribution in [-0.2, 0) is 9.47 Å². The van der Waals surface area contributed by atoms with Crippen molar-refractivity contribution in [1.82, 2.24) is 0 Å². The lowest BCUT2D eigenvalue weighted by Gasteiger charge is -2.54. The molecule has 0 aliphatic heterocycles. The zero-order chi connectivity index (χ0) is 18.9. The molecule has 0 bridgehead atoms. The molecule has 1 aromatic rings. The summed E-state index contributed by atoms with van der Waals surface area (Å²) in [7, 11) is 3.07. The summed E-state index contributed by atoms with van der Waals surface area (Å²) in [5.41, 5.74) is 2.38. The van der Waals surface area contributed by atoms with Crippen LogP contribution in [0.5, 0.6) is 0 Å². The smallest absolute Gasteiger partial charge is 0.125 e. The van der Waals surface area contributed by atoms with Crippen LogP contribution in [0.4, 0.5) is 0 Å². The molecule has 0 saturated heterocycles. The van der Waals surface area contributed by atoms with E-state index >= 15 is 0 Å². The second kappa shape index (κ2) is 7.25. The van der Waals surface area contributed by atoms with Gasteiger partial charge in [-0.2, -0.15) is 0 Å². The van der Waals surface area contributed by atoms with E-state index in [-0.39, 0.29) is 15.7 Å². The molecule has 0 amide bonds. The fourth-order valence-corrected chi connectivity index (χ4v) is 9.53. The first-order valence-electron chi connectivity index (χ1n) is 8.94. The minimum absolute atomic E-state index is 0.133. The van der Waals surface area contributed by atoms with Gasteiger partial charge in [0.1, 0.15) is 11.1 Å². The molecule has 1 unspecified atom stereocenters. The molecule has 3 heteroatoms. The molecule has 2 nitrogen and oxygen atoms in total. The van der Waals surface area contributed by atoms with Crippen molar-refractivity contribution in [1.29, 1.82) is 0 Å². The average molecular weight is 360 g/mol. The van der Waals surface area contributed by atoms with Gasteiger partial charge in [0.25, 0.3) is 0 Å². The maximum absolute atomic E-state index is 6.43. The Balaban J connectivity index is 2.80. The Morgan fingerprint density at radius 3 is 1.92 bits per heavy atom. The molecule has 1 aromatic carbocycles. The monoisotopic (exact) mass is 360 g/mol. The molecule has 0 heterocycles. The predicted molar refractivity (Wildman–Crippen MR) is 110 cm³/mol. The third-order valence-electron chi connectivity index (χ3n) is 4.62. The van der Waals surface area contributed by atoms with Crippen LogP contribution >= 0.6 is 7.92 Å². The third-order valence-corrected chi connectivity index (χ3v) is 8.62. The van der Waals surface area contributed by atoms with Crippen LogP contribution in [0.25, 0.3) is 5.57 Å². The van der Waals surface area contributed by atoms with E-state index in [2.05, 4.69) is 84.0 Å². The average Bonchev–Trinajstić information content (AvgIpc) is 2.52. The molecule has 0 N–H and O–H groups in total. The molecule has 1 atom stereocenters. The van der Waals surface area contributed by atoms with Gasteiger partial charge in [0.05, 0.1) is 7.11 Å². The Labute approximate surface area is 155 Å². The summed E-state index contributed by atoms with van der Waals surface area (Å²) in [6.45, 7) is 14.1. The Morgan fingerprint density at radius 1 is 0.920 bits per heavy atom. The van der Waals surface area contributed by atoms with Gasteiger partial charge in [-0.25, -0.2) is 0 Å². The van der Waals surface area contributed by atoms with E-state index in [0.717, 1.165) is 12.2 Å². The molecular weight excluding hydrogens is 327 g/mol. The van der Waals surface area contributed by atoms with E-state index in [9.17, 15) is 0 Å². The van der Waals surface area contributed by atoms with Crippen LogP contribution in [0.3, 0.4) is 0 Å². The molecule has 0 fully saturated rings. The van der Waals surface area contributed by atoms with E-state index in [4.69, 9.17) is 9.47 Å². The van der Waals surface area contributed by atoms with Crippen molar-refractivity contribution in [2.45, 2.75) is 63.6 Å². The van der Waals surface area contributed by atoms with Crippen molar-refractivity contribution in [2.75, 3.05) is 14.2 Å². The SMILES string of the molecule is COC1=C(c2ccccc2)C(OC)(P(C(C)(C)C)C(C)(C)C)CC=C1. The van der Waals surface area contributed by atoms with Crippen LogP contribution < -0.4 is 0 Å². The number of hydrogen-bond acceptors (Lipinski definition) is 2. The van der Waals surface area contributed by atoms with E-state index in [1.807, 2.05) is 7.11 Å². The largest absolute Gasteiger partial charge is 0.496 e. The highest BCUT2D eigenvalue weighted by Gasteiger charge is 2.53. The molecule has 1 aliphatic rings. The van der Waals surface area contributed by atoms with Crippen LogP contribution in [0, 0.1) is 0 Å². The second-order valence-corrected chi connectivity index (χ2v) is 12.7. The van der Waals surface area contributed by atoms with Crippen molar-refractivity contribution in [3.8, 4) is 0 Å². The van der Waals surface area contributed by atoms with Crippen LogP contribution in [0.1, 0.15) is 53.5 Å². The van der Waals surface area contributed by atoms with Crippen molar-refractivity contribution >= 4 is 13.5 Å². The van der Waals surface area contributed by atoms with Crippen LogP contribution in [0.2, 0.25) is 0 Å². The molecule has 25 heavy (non-hydrogen) atoms. The maximum atomic E-state index is 6.43. The number of hydrogen-bond donors (Lipinski definition) is 0. The first kappa shape index (κ1) is 20.2. The summed E-state index contributed by atoms with van der Waals surface area (Å²) < 4.78 is 12.2. The standard InChI is InChI=1S/C22H33O2P/c1-20(2,3)25(21(4,5)6)22(24-8)16-12-15-18(23-7)19(22)17-13-10-9-11-14-17/h9-15H,16H2,1-8H3. The fraction of sp³-hybridized carbons (Fsp3) is 0.545. The Morgan fingerprint density at radius 2 is 1.48 bits per heavy atom. The lowest BCUT2D eigenvalue weighted by atomic mass is 9.92. The van der Waals surface area contributed by atoms with Gasteiger partial charge in [-0.05, 0) is 22.0 Å². The normalized spacial score (nSPS) is 21.8. The van der Waals surface area contributed by atoms with Crippen LogP contribution in [-0.4, -0.2) is 29.9 Å². The fourth-order valence-electron chi connectivity index (χ4n) is 4.42. The van der Waals surface area contributed by atoms with E-state index < -0.39 is 7.92 Å². The molecular formula is C22H33O2P. The molecule has 0 aromatic heterocycles. The van der Waals surface area contributed by atoms with Gasteiger partial charge >= 0.3 is 0 Å². The number of benzene rings is 1. The van der Waals surface area contributed by atoms with Gasteiger partial charge in [0.2, 0.25) is 0 Å². The molecule has 138 valence electrons. The summed E-state index contributed by atoms with van der Waals surface area (Å²) in [5.74, 6) is 0.917. The molecule has 2 rings (SSSR count). The van der Waals surface area contributed by atoms with Gasteiger partial charge in [-0.3, -0.25) is 0 Å². The van der Waals surface area contributed by atoms with E-state index in [0.29, 0.717) is 0 Å². The number of allylic oxidation sites excluding steroid dienone is 1. The van der Waals surface area contributed by atoms with E-state index in [1.54, 1.807) is 7.11 Å². The first-order valence-corrected chi connectivity index (χ1v) is 10.3. The minimum Gasteiger partial charge on any atom is -0.496 e. The van der Waals surface area contributed by atoms with E-state index in [1.165, 1.54) is 11.1 Å². The maximum Gasteiger partial charge on any atom is 0.125 e. The lowest BCUT2D eigenvalue weighted by molar-refractivity contribution is 0.107. The molecule has 0 radical (unpaired) electrons. The number of rotatable bonds is 4. The topological polar surface area (TPSA) is 18.5 Å². The summed E-state index contributed by atoms with van der Waals surface area (Å²) >= 11 is 0. The minimum atomic E-state index is -0.552. The number of ether oxygens (including phenoxy) is 2. The van der Waals surface area contributed by atoms with Crippen LogP contribution in [0.15, 0.2) is 48.2 Å². The summed E-state index contributed by atoms with van der Waals surface area (Å²) in [6.07, 6.45) is 5.18. The zero-order valence-electron chi connectivity index (χ0n) is 17.0. The summed E-state index contributed by atoms with van der Waals surface area (Å²) in [4.78, 5) is 0. The highest BCUT2D eigenvalue weighted by molar-refractivity contribution is 7.63. The van der Waals surface area contributed by atoms with Crippen molar-refractivity contribution in [2.24, 2.45) is 0 Å². The first-order chi connectivity index (χ1) is 11.6. The van der Waals surface area contributed by atoms with Crippen molar-refractivity contribution in [3.05, 3.63) is 53.8 Å². The quantitative estimate of drug-likeness (QED) is 0.576. The van der Waals surface area contributed by atoms with Crippen molar-refractivity contribution in [3.63, 3.8) is 0 Å². The summed E-state index contributed by atoms with van der Waals surface area (Å²) in [6, 6.07) is 10.6. The zero-order valence-corrected chi connectivity index (χ0v) is 17.9. The Kier molecular flexibility index (Phi) is 5.86. The van der Waals surface area contributed by atoms with Gasteiger partial charge < -0.3 is 9.47 Å². The lowest BCUT2D eigenvalue weighted by Crippen LogP contribution is -2.44. The molecule has 1 aliphatic carbocycles. The Hall–Kier alpha value is -1.11. The second-order valence-electron chi connectivity index (χ2n) is 8.58. The highest BCUT2D eigenvalue weighted by Crippen LogP contribution is 2.72. The van der Waals surface area contributed by atoms with Gasteiger partial charge in [-0.1, -0.05) is 85.9 Å².